The Morgan fingerprint density at radius 2 is 1.63 bits per heavy atom. The van der Waals surface area contributed by atoms with E-state index in [0.717, 1.165) is 24.4 Å². The Morgan fingerprint density at radius 3 is 2.11 bits per heavy atom. The Bertz CT molecular complexity index is 318. The molecule has 3 atom stereocenters. The van der Waals surface area contributed by atoms with Crippen LogP contribution in [0.2, 0.25) is 0 Å². The first-order valence-corrected chi connectivity index (χ1v) is 8.52. The van der Waals surface area contributed by atoms with E-state index < -0.39 is 0 Å². The standard InChI is InChI=1S/C17H29NO/c1-11-16(3-4-19-11)18-12(2)17-8-13-5-14(9-17)7-15(6-13)10-17/h11-16,18H,3-10H2,1-2H3. The van der Waals surface area contributed by atoms with Gasteiger partial charge in [0.2, 0.25) is 0 Å². The van der Waals surface area contributed by atoms with Crippen LogP contribution in [-0.4, -0.2) is 24.8 Å². The maximum absolute atomic E-state index is 5.72. The fourth-order valence-corrected chi connectivity index (χ4v) is 6.16. The van der Waals surface area contributed by atoms with Crippen molar-refractivity contribution in [1.82, 2.24) is 5.32 Å². The van der Waals surface area contributed by atoms with Crippen LogP contribution < -0.4 is 5.32 Å². The quantitative estimate of drug-likeness (QED) is 0.843. The van der Waals surface area contributed by atoms with Gasteiger partial charge in [0.15, 0.2) is 0 Å². The summed E-state index contributed by atoms with van der Waals surface area (Å²) in [6.07, 6.45) is 10.8. The van der Waals surface area contributed by atoms with E-state index in [1.807, 2.05) is 0 Å². The molecule has 0 radical (unpaired) electrons. The molecule has 1 aliphatic heterocycles. The van der Waals surface area contributed by atoms with Crippen LogP contribution in [0.5, 0.6) is 0 Å². The normalized spacial score (nSPS) is 53.7. The molecule has 1 N–H and O–H groups in total. The zero-order valence-corrected chi connectivity index (χ0v) is 12.5. The molecule has 108 valence electrons. The predicted molar refractivity (Wildman–Crippen MR) is 77.0 cm³/mol. The molecule has 4 aliphatic carbocycles. The number of hydrogen-bond donors (Lipinski definition) is 1. The summed E-state index contributed by atoms with van der Waals surface area (Å²) in [5.41, 5.74) is 0.636. The molecule has 0 aromatic carbocycles. The van der Waals surface area contributed by atoms with Gasteiger partial charge in [0.25, 0.3) is 0 Å². The van der Waals surface area contributed by atoms with Crippen molar-refractivity contribution in [2.24, 2.45) is 23.2 Å². The Balaban J connectivity index is 1.48. The average molecular weight is 263 g/mol. The van der Waals surface area contributed by atoms with Gasteiger partial charge in [-0.05, 0) is 82.0 Å². The highest BCUT2D eigenvalue weighted by molar-refractivity contribution is 5.05. The van der Waals surface area contributed by atoms with E-state index in [9.17, 15) is 0 Å². The zero-order chi connectivity index (χ0) is 13.0. The molecule has 0 aromatic heterocycles. The molecule has 4 saturated carbocycles. The summed E-state index contributed by atoms with van der Waals surface area (Å²) >= 11 is 0. The maximum Gasteiger partial charge on any atom is 0.0700 e. The Morgan fingerprint density at radius 1 is 1.05 bits per heavy atom. The maximum atomic E-state index is 5.72. The molecule has 0 aromatic rings. The Kier molecular flexibility index (Phi) is 2.97. The molecule has 2 heteroatoms. The summed E-state index contributed by atoms with van der Waals surface area (Å²) in [5.74, 6) is 3.19. The van der Waals surface area contributed by atoms with Gasteiger partial charge in [-0.25, -0.2) is 0 Å². The summed E-state index contributed by atoms with van der Waals surface area (Å²) in [6, 6.07) is 1.29. The van der Waals surface area contributed by atoms with Crippen molar-refractivity contribution in [3.8, 4) is 0 Å². The number of rotatable bonds is 3. The van der Waals surface area contributed by atoms with Crippen LogP contribution in [0.1, 0.15) is 58.8 Å². The molecule has 5 rings (SSSR count). The fraction of sp³-hybridized carbons (Fsp3) is 1.00. The lowest BCUT2D eigenvalue weighted by molar-refractivity contribution is -0.0731. The number of ether oxygens (including phenoxy) is 1. The van der Waals surface area contributed by atoms with Crippen molar-refractivity contribution in [2.45, 2.75) is 77.0 Å². The minimum absolute atomic E-state index is 0.413. The average Bonchev–Trinajstić information content (AvgIpc) is 2.73. The van der Waals surface area contributed by atoms with Crippen LogP contribution in [-0.2, 0) is 4.74 Å². The van der Waals surface area contributed by atoms with Gasteiger partial charge in [-0.2, -0.15) is 0 Å². The van der Waals surface area contributed by atoms with Crippen molar-refractivity contribution in [1.29, 1.82) is 0 Å². The van der Waals surface area contributed by atoms with Crippen molar-refractivity contribution in [2.75, 3.05) is 6.61 Å². The van der Waals surface area contributed by atoms with Gasteiger partial charge in [-0.3, -0.25) is 0 Å². The summed E-state index contributed by atoms with van der Waals surface area (Å²) in [4.78, 5) is 0. The molecule has 0 spiro atoms. The summed E-state index contributed by atoms with van der Waals surface area (Å²) < 4.78 is 5.72. The molecule has 19 heavy (non-hydrogen) atoms. The van der Waals surface area contributed by atoms with E-state index >= 15 is 0 Å². The molecule has 0 amide bonds. The lowest BCUT2D eigenvalue weighted by atomic mass is 9.48. The van der Waals surface area contributed by atoms with Crippen LogP contribution in [0.25, 0.3) is 0 Å². The monoisotopic (exact) mass is 263 g/mol. The molecule has 2 nitrogen and oxygen atoms in total. The summed E-state index contributed by atoms with van der Waals surface area (Å²) in [5, 5.41) is 3.96. The molecule has 1 saturated heterocycles. The highest BCUT2D eigenvalue weighted by atomic mass is 16.5. The SMILES string of the molecule is CC1OCCC1NC(C)C12CC3CC(CC(C3)C1)C2. The topological polar surface area (TPSA) is 21.3 Å². The van der Waals surface area contributed by atoms with Crippen LogP contribution in [0.15, 0.2) is 0 Å². The smallest absolute Gasteiger partial charge is 0.0700 e. The lowest BCUT2D eigenvalue weighted by Crippen LogP contribution is -2.57. The molecular weight excluding hydrogens is 234 g/mol. The molecule has 3 unspecified atom stereocenters. The third-order valence-corrected chi connectivity index (χ3v) is 6.84. The van der Waals surface area contributed by atoms with Gasteiger partial charge in [0.1, 0.15) is 0 Å². The van der Waals surface area contributed by atoms with Gasteiger partial charge < -0.3 is 10.1 Å². The van der Waals surface area contributed by atoms with Gasteiger partial charge in [-0.1, -0.05) is 0 Å². The predicted octanol–water partition coefficient (Wildman–Crippen LogP) is 3.36. The van der Waals surface area contributed by atoms with Crippen molar-refractivity contribution in [3.63, 3.8) is 0 Å². The second-order valence-corrected chi connectivity index (χ2v) is 8.14. The van der Waals surface area contributed by atoms with E-state index in [1.54, 1.807) is 19.3 Å². The Labute approximate surface area is 117 Å². The molecule has 5 fully saturated rings. The van der Waals surface area contributed by atoms with Crippen molar-refractivity contribution >= 4 is 0 Å². The first-order valence-electron chi connectivity index (χ1n) is 8.52. The van der Waals surface area contributed by atoms with Crippen LogP contribution in [0.3, 0.4) is 0 Å². The minimum Gasteiger partial charge on any atom is -0.377 e. The van der Waals surface area contributed by atoms with Crippen LogP contribution in [0.4, 0.5) is 0 Å². The Hall–Kier alpha value is -0.0800. The first-order chi connectivity index (χ1) is 9.14. The first kappa shape index (κ1) is 12.6. The molecule has 1 heterocycles. The van der Waals surface area contributed by atoms with Crippen molar-refractivity contribution in [3.05, 3.63) is 0 Å². The van der Waals surface area contributed by atoms with Gasteiger partial charge in [0.05, 0.1) is 6.10 Å². The van der Waals surface area contributed by atoms with Crippen LogP contribution in [0, 0.1) is 23.2 Å². The van der Waals surface area contributed by atoms with E-state index in [-0.39, 0.29) is 0 Å². The highest BCUT2D eigenvalue weighted by Gasteiger charge is 2.53. The van der Waals surface area contributed by atoms with E-state index in [1.165, 1.54) is 25.7 Å². The second kappa shape index (κ2) is 4.46. The number of hydrogen-bond acceptors (Lipinski definition) is 2. The van der Waals surface area contributed by atoms with Crippen LogP contribution >= 0.6 is 0 Å². The molecule has 5 aliphatic rings. The third kappa shape index (κ3) is 2.06. The van der Waals surface area contributed by atoms with Gasteiger partial charge in [0, 0.05) is 18.7 Å². The minimum atomic E-state index is 0.413. The fourth-order valence-electron chi connectivity index (χ4n) is 6.16. The third-order valence-electron chi connectivity index (χ3n) is 6.84. The lowest BCUT2D eigenvalue weighted by Gasteiger charge is -2.59. The van der Waals surface area contributed by atoms with Gasteiger partial charge in [-0.15, -0.1) is 0 Å². The van der Waals surface area contributed by atoms with E-state index in [4.69, 9.17) is 4.74 Å². The van der Waals surface area contributed by atoms with Gasteiger partial charge >= 0.3 is 0 Å². The second-order valence-electron chi connectivity index (χ2n) is 8.14. The van der Waals surface area contributed by atoms with E-state index in [0.29, 0.717) is 23.6 Å². The molecule has 4 bridgehead atoms. The highest BCUT2D eigenvalue weighted by Crippen LogP contribution is 2.61. The zero-order valence-electron chi connectivity index (χ0n) is 12.5. The van der Waals surface area contributed by atoms with Crippen molar-refractivity contribution < 1.29 is 4.74 Å². The number of nitrogens with one attached hydrogen (secondary N) is 1. The summed E-state index contributed by atoms with van der Waals surface area (Å²) in [6.45, 7) is 5.65. The van der Waals surface area contributed by atoms with E-state index in [2.05, 4.69) is 19.2 Å². The summed E-state index contributed by atoms with van der Waals surface area (Å²) in [7, 11) is 0. The molecular formula is C17H29NO. The largest absolute Gasteiger partial charge is 0.377 e.